The molecular weight excluding hydrogens is 398 g/mol. The van der Waals surface area contributed by atoms with Gasteiger partial charge >= 0.3 is 0 Å². The maximum atomic E-state index is 13.2. The average molecular weight is 426 g/mol. The number of rotatable bonds is 5. The molecule has 0 aromatic heterocycles. The number of hydrogen-bond acceptors (Lipinski definition) is 5. The van der Waals surface area contributed by atoms with Crippen LogP contribution in [-0.2, 0) is 11.3 Å². The van der Waals surface area contributed by atoms with Crippen molar-refractivity contribution in [3.05, 3.63) is 65.7 Å². The van der Waals surface area contributed by atoms with Gasteiger partial charge in [0.05, 0.1) is 13.0 Å². The Balaban J connectivity index is 1.35. The Labute approximate surface area is 181 Å². The molecule has 4 rings (SSSR count). The number of methoxy groups -OCH3 is 1. The van der Waals surface area contributed by atoms with E-state index in [2.05, 4.69) is 29.2 Å². The molecule has 2 amide bonds. The van der Waals surface area contributed by atoms with Crippen molar-refractivity contribution < 1.29 is 14.3 Å². The molecule has 1 unspecified atom stereocenters. The van der Waals surface area contributed by atoms with Crippen LogP contribution in [0.1, 0.15) is 15.9 Å². The number of thioether (sulfide) groups is 1. The normalized spacial score (nSPS) is 19.7. The molecule has 1 atom stereocenters. The molecule has 0 aliphatic carbocycles. The van der Waals surface area contributed by atoms with Crippen LogP contribution < -0.4 is 4.74 Å². The summed E-state index contributed by atoms with van der Waals surface area (Å²) in [5, 5.41) is 0. The summed E-state index contributed by atoms with van der Waals surface area (Å²) < 4.78 is 5.17. The molecular formula is C23H27N3O3S. The van der Waals surface area contributed by atoms with E-state index < -0.39 is 0 Å². The molecule has 2 aromatic rings. The highest BCUT2D eigenvalue weighted by Gasteiger charge is 2.38. The van der Waals surface area contributed by atoms with Gasteiger partial charge in [0.1, 0.15) is 11.8 Å². The van der Waals surface area contributed by atoms with Gasteiger partial charge in [0, 0.05) is 44.0 Å². The molecule has 0 N–H and O–H groups in total. The zero-order chi connectivity index (χ0) is 20.9. The summed E-state index contributed by atoms with van der Waals surface area (Å²) in [7, 11) is 1.60. The molecule has 0 saturated carbocycles. The van der Waals surface area contributed by atoms with Gasteiger partial charge in [0.15, 0.2) is 0 Å². The van der Waals surface area contributed by atoms with E-state index in [0.29, 0.717) is 36.0 Å². The van der Waals surface area contributed by atoms with Gasteiger partial charge in [-0.15, -0.1) is 11.8 Å². The molecule has 2 aliphatic rings. The van der Waals surface area contributed by atoms with Gasteiger partial charge in [-0.1, -0.05) is 30.3 Å². The Morgan fingerprint density at radius 1 is 1.00 bits per heavy atom. The second-order valence-corrected chi connectivity index (χ2v) is 8.61. The van der Waals surface area contributed by atoms with Crippen molar-refractivity contribution in [1.29, 1.82) is 0 Å². The zero-order valence-electron chi connectivity index (χ0n) is 17.2. The number of nitrogens with zero attached hydrogens (tertiary/aromatic N) is 3. The Morgan fingerprint density at radius 2 is 1.70 bits per heavy atom. The van der Waals surface area contributed by atoms with E-state index in [1.165, 1.54) is 5.56 Å². The van der Waals surface area contributed by atoms with E-state index in [1.54, 1.807) is 48.0 Å². The highest BCUT2D eigenvalue weighted by Crippen LogP contribution is 2.26. The Hall–Kier alpha value is -2.51. The van der Waals surface area contributed by atoms with Crippen molar-refractivity contribution in [2.45, 2.75) is 12.6 Å². The number of piperazine rings is 1. The third kappa shape index (κ3) is 4.63. The fourth-order valence-electron chi connectivity index (χ4n) is 3.93. The lowest BCUT2D eigenvalue weighted by atomic mass is 10.1. The van der Waals surface area contributed by atoms with Crippen molar-refractivity contribution in [3.63, 3.8) is 0 Å². The predicted octanol–water partition coefficient (Wildman–Crippen LogP) is 2.55. The minimum absolute atomic E-state index is 0.0706. The first kappa shape index (κ1) is 20.8. The van der Waals surface area contributed by atoms with E-state index in [9.17, 15) is 9.59 Å². The molecule has 2 saturated heterocycles. The number of ether oxygens (including phenoxy) is 1. The fourth-order valence-corrected chi connectivity index (χ4v) is 5.07. The summed E-state index contributed by atoms with van der Waals surface area (Å²) in [6.07, 6.45) is 0. The molecule has 6 nitrogen and oxygen atoms in total. The Morgan fingerprint density at radius 3 is 2.37 bits per heavy atom. The van der Waals surface area contributed by atoms with Crippen LogP contribution in [0.25, 0.3) is 0 Å². The van der Waals surface area contributed by atoms with Gasteiger partial charge in [-0.2, -0.15) is 0 Å². The van der Waals surface area contributed by atoms with Crippen LogP contribution >= 0.6 is 11.8 Å². The zero-order valence-corrected chi connectivity index (χ0v) is 18.0. The first-order valence-corrected chi connectivity index (χ1v) is 11.4. The average Bonchev–Trinajstić information content (AvgIpc) is 3.29. The summed E-state index contributed by atoms with van der Waals surface area (Å²) >= 11 is 1.64. The summed E-state index contributed by atoms with van der Waals surface area (Å²) in [4.78, 5) is 32.2. The lowest BCUT2D eigenvalue weighted by molar-refractivity contribution is -0.136. The Kier molecular flexibility index (Phi) is 6.59. The summed E-state index contributed by atoms with van der Waals surface area (Å²) in [6, 6.07) is 17.1. The van der Waals surface area contributed by atoms with Crippen molar-refractivity contribution in [2.75, 3.05) is 44.9 Å². The van der Waals surface area contributed by atoms with Gasteiger partial charge in [-0.3, -0.25) is 14.5 Å². The summed E-state index contributed by atoms with van der Waals surface area (Å²) in [5.41, 5.74) is 1.88. The van der Waals surface area contributed by atoms with Crippen molar-refractivity contribution in [2.24, 2.45) is 0 Å². The Bertz CT molecular complexity index is 867. The highest BCUT2D eigenvalue weighted by molar-refractivity contribution is 7.99. The van der Waals surface area contributed by atoms with Crippen LogP contribution in [-0.4, -0.2) is 77.5 Å². The minimum Gasteiger partial charge on any atom is -0.497 e. The topological polar surface area (TPSA) is 53.1 Å². The fraction of sp³-hybridized carbons (Fsp3) is 0.391. The first-order valence-electron chi connectivity index (χ1n) is 10.2. The monoisotopic (exact) mass is 425 g/mol. The summed E-state index contributed by atoms with van der Waals surface area (Å²) in [6.45, 7) is 4.03. The molecule has 0 radical (unpaired) electrons. The standard InChI is InChI=1S/C23H27N3O3S/c1-29-20-9-7-19(8-10-20)22(27)26-17-30-16-21(26)23(28)25-13-11-24(12-14-25)15-18-5-3-2-4-6-18/h2-10,21H,11-17H2,1H3. The first-order chi connectivity index (χ1) is 14.7. The van der Waals surface area contributed by atoms with Gasteiger partial charge in [0.2, 0.25) is 5.91 Å². The van der Waals surface area contributed by atoms with Gasteiger partial charge in [-0.05, 0) is 29.8 Å². The van der Waals surface area contributed by atoms with Crippen LogP contribution in [0.5, 0.6) is 5.75 Å². The third-order valence-corrected chi connectivity index (χ3v) is 6.71. The van der Waals surface area contributed by atoms with E-state index >= 15 is 0 Å². The van der Waals surface area contributed by atoms with Crippen molar-refractivity contribution >= 4 is 23.6 Å². The maximum absolute atomic E-state index is 13.2. The second-order valence-electron chi connectivity index (χ2n) is 7.61. The lowest BCUT2D eigenvalue weighted by Crippen LogP contribution is -2.54. The third-order valence-electron chi connectivity index (χ3n) is 5.70. The molecule has 158 valence electrons. The van der Waals surface area contributed by atoms with Crippen LogP contribution in [0.2, 0.25) is 0 Å². The SMILES string of the molecule is COc1ccc(C(=O)N2CSCC2C(=O)N2CCN(Cc3ccccc3)CC2)cc1. The van der Waals surface area contributed by atoms with E-state index in [4.69, 9.17) is 4.74 Å². The van der Waals surface area contributed by atoms with E-state index in [0.717, 1.165) is 19.6 Å². The van der Waals surface area contributed by atoms with Gasteiger partial charge in [0.25, 0.3) is 5.91 Å². The van der Waals surface area contributed by atoms with Crippen molar-refractivity contribution in [3.8, 4) is 5.75 Å². The smallest absolute Gasteiger partial charge is 0.255 e. The van der Waals surface area contributed by atoms with E-state index in [1.807, 2.05) is 11.0 Å². The van der Waals surface area contributed by atoms with Gasteiger partial charge in [-0.25, -0.2) is 0 Å². The number of carbonyl (C=O) groups excluding carboxylic acids is 2. The molecule has 2 aromatic carbocycles. The van der Waals surface area contributed by atoms with Crippen molar-refractivity contribution in [1.82, 2.24) is 14.7 Å². The summed E-state index contributed by atoms with van der Waals surface area (Å²) in [5.74, 6) is 1.90. The van der Waals surface area contributed by atoms with Crippen LogP contribution in [0.4, 0.5) is 0 Å². The number of hydrogen-bond donors (Lipinski definition) is 0. The predicted molar refractivity (Wildman–Crippen MR) is 119 cm³/mol. The molecule has 2 aliphatic heterocycles. The highest BCUT2D eigenvalue weighted by atomic mass is 32.2. The molecule has 30 heavy (non-hydrogen) atoms. The number of carbonyl (C=O) groups is 2. The number of benzene rings is 2. The van der Waals surface area contributed by atoms with Crippen LogP contribution in [0.3, 0.4) is 0 Å². The molecule has 2 fully saturated rings. The molecule has 0 spiro atoms. The quantitative estimate of drug-likeness (QED) is 0.737. The number of amides is 2. The van der Waals surface area contributed by atoms with E-state index in [-0.39, 0.29) is 17.9 Å². The van der Waals surface area contributed by atoms with Crippen LogP contribution in [0, 0.1) is 0 Å². The maximum Gasteiger partial charge on any atom is 0.255 e. The van der Waals surface area contributed by atoms with Crippen LogP contribution in [0.15, 0.2) is 54.6 Å². The lowest BCUT2D eigenvalue weighted by Gasteiger charge is -2.37. The molecule has 0 bridgehead atoms. The second kappa shape index (κ2) is 9.53. The minimum atomic E-state index is -0.384. The molecule has 2 heterocycles. The molecule has 7 heteroatoms. The van der Waals surface area contributed by atoms with Gasteiger partial charge < -0.3 is 14.5 Å². The largest absolute Gasteiger partial charge is 0.497 e.